The first kappa shape index (κ1) is 20.4. The molecule has 1 atom stereocenters. The highest BCUT2D eigenvalue weighted by atomic mass is 16.3. The number of fused-ring (bicyclic) bond motifs is 1. The molecular weight excluding hydrogens is 334 g/mol. The van der Waals surface area contributed by atoms with Crippen molar-refractivity contribution in [1.82, 2.24) is 18.7 Å². The lowest BCUT2D eigenvalue weighted by molar-refractivity contribution is -0.909. The van der Waals surface area contributed by atoms with Gasteiger partial charge in [-0.2, -0.15) is 0 Å². The summed E-state index contributed by atoms with van der Waals surface area (Å²) in [6.45, 7) is 11.6. The number of nitrogens with zero attached hydrogens (tertiary/aromatic N) is 4. The number of aromatic nitrogens is 4. The molecule has 0 saturated carbocycles. The molecule has 2 heterocycles. The molecule has 0 spiro atoms. The van der Waals surface area contributed by atoms with Gasteiger partial charge >= 0.3 is 5.69 Å². The van der Waals surface area contributed by atoms with Gasteiger partial charge in [0.05, 0.1) is 26.0 Å². The molecule has 2 aromatic rings. The molecule has 8 heteroatoms. The predicted octanol–water partition coefficient (Wildman–Crippen LogP) is -1.01. The van der Waals surface area contributed by atoms with Crippen molar-refractivity contribution in [3.63, 3.8) is 0 Å². The Morgan fingerprint density at radius 2 is 1.62 bits per heavy atom. The van der Waals surface area contributed by atoms with E-state index in [1.807, 2.05) is 0 Å². The van der Waals surface area contributed by atoms with Gasteiger partial charge in [-0.05, 0) is 0 Å². The second-order valence-corrected chi connectivity index (χ2v) is 8.08. The quantitative estimate of drug-likeness (QED) is 0.627. The smallest absolute Gasteiger partial charge is 0.332 e. The topological polar surface area (TPSA) is 86.5 Å². The molecule has 0 saturated heterocycles. The van der Waals surface area contributed by atoms with Crippen LogP contribution in [0.2, 0.25) is 0 Å². The average molecular weight is 366 g/mol. The number of nitrogens with one attached hydrogen (secondary N) is 1. The molecule has 0 radical (unpaired) electrons. The maximum atomic E-state index is 12.5. The maximum Gasteiger partial charge on any atom is 0.332 e. The largest absolute Gasteiger partial charge is 0.385 e. The molecule has 0 aliphatic carbocycles. The van der Waals surface area contributed by atoms with E-state index in [4.69, 9.17) is 0 Å². The second-order valence-electron chi connectivity index (χ2n) is 8.08. The number of quaternary nitrogens is 1. The van der Waals surface area contributed by atoms with E-state index < -0.39 is 11.8 Å². The van der Waals surface area contributed by atoms with Crippen molar-refractivity contribution < 1.29 is 10.0 Å². The van der Waals surface area contributed by atoms with Gasteiger partial charge in [-0.25, -0.2) is 9.78 Å². The summed E-state index contributed by atoms with van der Waals surface area (Å²) in [5.41, 5.74) is -0.0964. The van der Waals surface area contributed by atoms with Gasteiger partial charge < -0.3 is 14.6 Å². The molecule has 2 aromatic heterocycles. The van der Waals surface area contributed by atoms with E-state index >= 15 is 0 Å². The zero-order valence-corrected chi connectivity index (χ0v) is 16.7. The van der Waals surface area contributed by atoms with Crippen LogP contribution in [0.25, 0.3) is 11.2 Å². The van der Waals surface area contributed by atoms with E-state index in [-0.39, 0.29) is 12.1 Å². The lowest BCUT2D eigenvalue weighted by atomic mass is 10.1. The van der Waals surface area contributed by atoms with Crippen LogP contribution < -0.4 is 16.1 Å². The molecule has 0 aliphatic heterocycles. The van der Waals surface area contributed by atoms with E-state index in [1.165, 1.54) is 22.8 Å². The van der Waals surface area contributed by atoms with Crippen LogP contribution in [-0.2, 0) is 20.6 Å². The van der Waals surface area contributed by atoms with E-state index in [2.05, 4.69) is 32.7 Å². The van der Waals surface area contributed by atoms with Gasteiger partial charge in [0, 0.05) is 25.9 Å². The Morgan fingerprint density at radius 1 is 1.04 bits per heavy atom. The molecule has 0 unspecified atom stereocenters. The van der Waals surface area contributed by atoms with E-state index in [0.717, 1.165) is 17.7 Å². The van der Waals surface area contributed by atoms with E-state index in [0.29, 0.717) is 29.5 Å². The zero-order chi connectivity index (χ0) is 19.6. The molecule has 0 amide bonds. The van der Waals surface area contributed by atoms with E-state index in [1.54, 1.807) is 11.6 Å². The van der Waals surface area contributed by atoms with Crippen LogP contribution in [-0.4, -0.2) is 49.5 Å². The highest BCUT2D eigenvalue weighted by Crippen LogP contribution is 2.06. The van der Waals surface area contributed by atoms with Crippen LogP contribution in [0, 0.1) is 11.8 Å². The number of hydrogen-bond donors (Lipinski definition) is 2. The van der Waals surface area contributed by atoms with Crippen molar-refractivity contribution in [3.05, 3.63) is 27.2 Å². The summed E-state index contributed by atoms with van der Waals surface area (Å²) in [5.74, 6) is 1.10. The highest BCUT2D eigenvalue weighted by Gasteiger charge is 2.21. The molecule has 0 aromatic carbocycles. The van der Waals surface area contributed by atoms with Gasteiger partial charge in [0.2, 0.25) is 0 Å². The average Bonchev–Trinajstić information content (AvgIpc) is 2.93. The number of imidazole rings is 1. The summed E-state index contributed by atoms with van der Waals surface area (Å²) in [6.07, 6.45) is 0.932. The highest BCUT2D eigenvalue weighted by molar-refractivity contribution is 5.69. The van der Waals surface area contributed by atoms with Crippen LogP contribution in [0.1, 0.15) is 27.7 Å². The van der Waals surface area contributed by atoms with Gasteiger partial charge in [-0.1, -0.05) is 27.7 Å². The first-order chi connectivity index (χ1) is 12.1. The van der Waals surface area contributed by atoms with Crippen LogP contribution in [0.3, 0.4) is 0 Å². The number of aliphatic hydroxyl groups is 1. The van der Waals surface area contributed by atoms with Gasteiger partial charge in [-0.3, -0.25) is 13.9 Å². The molecule has 0 aliphatic rings. The van der Waals surface area contributed by atoms with Crippen molar-refractivity contribution in [2.45, 2.75) is 40.3 Å². The monoisotopic (exact) mass is 366 g/mol. The summed E-state index contributed by atoms with van der Waals surface area (Å²) in [7, 11) is 3.05. The number of aryl methyl sites for hydroxylation is 1. The Kier molecular flexibility index (Phi) is 6.41. The molecule has 146 valence electrons. The first-order valence-corrected chi connectivity index (χ1v) is 9.24. The Balaban J connectivity index is 2.25. The third-order valence-electron chi connectivity index (χ3n) is 4.54. The normalized spacial score (nSPS) is 13.5. The van der Waals surface area contributed by atoms with Crippen molar-refractivity contribution >= 4 is 11.2 Å². The third kappa shape index (κ3) is 4.42. The summed E-state index contributed by atoms with van der Waals surface area (Å²) in [6, 6.07) is 0. The fourth-order valence-electron chi connectivity index (χ4n) is 3.56. The van der Waals surface area contributed by atoms with Crippen LogP contribution >= 0.6 is 0 Å². The maximum absolute atomic E-state index is 12.5. The Bertz CT molecular complexity index is 852. The van der Waals surface area contributed by atoms with Crippen molar-refractivity contribution in [1.29, 1.82) is 0 Å². The van der Waals surface area contributed by atoms with Gasteiger partial charge in [0.1, 0.15) is 12.6 Å². The fourth-order valence-corrected chi connectivity index (χ4v) is 3.56. The summed E-state index contributed by atoms with van der Waals surface area (Å²) in [5, 5.41) is 10.6. The lowest BCUT2D eigenvalue weighted by Crippen LogP contribution is -3.14. The zero-order valence-electron chi connectivity index (χ0n) is 16.7. The minimum Gasteiger partial charge on any atom is -0.385 e. The minimum atomic E-state index is -0.596. The fraction of sp³-hybridized carbons (Fsp3) is 0.722. The second kappa shape index (κ2) is 8.18. The Morgan fingerprint density at radius 3 is 2.15 bits per heavy atom. The molecule has 0 bridgehead atoms. The first-order valence-electron chi connectivity index (χ1n) is 9.24. The standard InChI is InChI=1S/C18H31N5O3/c1-12(2)7-22(8-13(3)4)9-14(24)10-23-11-19-16-15(23)17(25)21(6)18(26)20(16)5/h11-14,24H,7-10H2,1-6H3/p+1/t14-/m0/s1. The molecular formula is C18H32N5O3+. The molecule has 2 rings (SSSR count). The number of rotatable bonds is 8. The summed E-state index contributed by atoms with van der Waals surface area (Å²) >= 11 is 0. The third-order valence-corrected chi connectivity index (χ3v) is 4.54. The number of hydrogen-bond acceptors (Lipinski definition) is 4. The van der Waals surface area contributed by atoms with Crippen molar-refractivity contribution in [3.8, 4) is 0 Å². The summed E-state index contributed by atoms with van der Waals surface area (Å²) < 4.78 is 4.08. The van der Waals surface area contributed by atoms with Gasteiger partial charge in [-0.15, -0.1) is 0 Å². The van der Waals surface area contributed by atoms with Gasteiger partial charge in [0.25, 0.3) is 5.56 Å². The minimum absolute atomic E-state index is 0.281. The van der Waals surface area contributed by atoms with Crippen molar-refractivity contribution in [2.24, 2.45) is 25.9 Å². The van der Waals surface area contributed by atoms with Crippen LogP contribution in [0.15, 0.2) is 15.9 Å². The lowest BCUT2D eigenvalue weighted by Gasteiger charge is -2.25. The predicted molar refractivity (Wildman–Crippen MR) is 101 cm³/mol. The Labute approximate surface area is 153 Å². The molecule has 2 N–H and O–H groups in total. The van der Waals surface area contributed by atoms with Crippen LogP contribution in [0.4, 0.5) is 0 Å². The van der Waals surface area contributed by atoms with E-state index in [9.17, 15) is 14.7 Å². The summed E-state index contributed by atoms with van der Waals surface area (Å²) in [4.78, 5) is 30.0. The van der Waals surface area contributed by atoms with Crippen LogP contribution in [0.5, 0.6) is 0 Å². The van der Waals surface area contributed by atoms with Crippen molar-refractivity contribution in [2.75, 3.05) is 19.6 Å². The molecule has 26 heavy (non-hydrogen) atoms. The Hall–Kier alpha value is -1.93. The SMILES string of the molecule is CC(C)C[NH+](CC(C)C)C[C@H](O)Cn1cnc2c1c(=O)n(C)c(=O)n2C. The van der Waals surface area contributed by atoms with Gasteiger partial charge in [0.15, 0.2) is 11.2 Å². The number of aliphatic hydroxyl groups excluding tert-OH is 1. The molecule has 0 fully saturated rings. The molecule has 8 nitrogen and oxygen atoms in total.